The summed E-state index contributed by atoms with van der Waals surface area (Å²) in [6.07, 6.45) is -4.74. The molecule has 1 heterocycles. The molecule has 5 aromatic rings. The highest BCUT2D eigenvalue weighted by atomic mass is 19.4. The number of amides is 1. The number of hydrogen-bond acceptors (Lipinski definition) is 1. The van der Waals surface area contributed by atoms with Crippen molar-refractivity contribution >= 4 is 16.8 Å². The van der Waals surface area contributed by atoms with Gasteiger partial charge in [0.1, 0.15) is 5.82 Å². The van der Waals surface area contributed by atoms with Gasteiger partial charge in [0, 0.05) is 34.3 Å². The molecule has 3 nitrogen and oxygen atoms in total. The number of hydrogen-bond donors (Lipinski definition) is 1. The molecule has 7 heteroatoms. The molecule has 4 aromatic carbocycles. The maximum Gasteiger partial charge on any atom is 0.416 e. The molecule has 0 spiro atoms. The third-order valence-electron chi connectivity index (χ3n) is 7.44. The van der Waals surface area contributed by atoms with Gasteiger partial charge in [-0.3, -0.25) is 4.79 Å². The van der Waals surface area contributed by atoms with E-state index >= 15 is 0 Å². The van der Waals surface area contributed by atoms with Crippen LogP contribution >= 0.6 is 0 Å². The number of carbonyl (C=O) groups is 1. The largest absolute Gasteiger partial charge is 0.416 e. The van der Waals surface area contributed by atoms with E-state index in [1.54, 1.807) is 12.1 Å². The van der Waals surface area contributed by atoms with E-state index in [1.165, 1.54) is 6.92 Å². The quantitative estimate of drug-likeness (QED) is 0.213. The molecule has 1 atom stereocenters. The second-order valence-electron chi connectivity index (χ2n) is 9.99. The highest BCUT2D eigenvalue weighted by molar-refractivity contribution is 5.99. The zero-order chi connectivity index (χ0) is 28.6. The second-order valence-corrected chi connectivity index (χ2v) is 9.99. The molecule has 0 unspecified atom stereocenters. The van der Waals surface area contributed by atoms with Crippen LogP contribution in [0.2, 0.25) is 0 Å². The summed E-state index contributed by atoms with van der Waals surface area (Å²) < 4.78 is 57.0. The minimum absolute atomic E-state index is 0.289. The molecule has 40 heavy (non-hydrogen) atoms. The van der Waals surface area contributed by atoms with Crippen molar-refractivity contribution in [2.75, 3.05) is 0 Å². The lowest BCUT2D eigenvalue weighted by molar-refractivity contribution is -0.138. The van der Waals surface area contributed by atoms with E-state index in [0.29, 0.717) is 6.54 Å². The Morgan fingerprint density at radius 1 is 0.875 bits per heavy atom. The van der Waals surface area contributed by atoms with Gasteiger partial charge in [-0.25, -0.2) is 4.39 Å². The Morgan fingerprint density at radius 2 is 1.55 bits per heavy atom. The van der Waals surface area contributed by atoms with Gasteiger partial charge in [-0.15, -0.1) is 0 Å². The van der Waals surface area contributed by atoms with Crippen molar-refractivity contribution in [2.45, 2.75) is 39.5 Å². The maximum absolute atomic E-state index is 14.4. The Hall–Kier alpha value is -4.39. The van der Waals surface area contributed by atoms with Crippen LogP contribution in [0.25, 0.3) is 22.0 Å². The lowest BCUT2D eigenvalue weighted by Crippen LogP contribution is -2.29. The van der Waals surface area contributed by atoms with Crippen LogP contribution in [0.3, 0.4) is 0 Å². The SMILES string of the molecule is Cc1c(C)n(Cc2ccc(-c3ccccc3)cc2)c2ccc(C(=O)N[C@H](C)c3c(F)cccc3C(F)(F)F)cc12. The number of aryl methyl sites for hydroxylation is 1. The monoisotopic (exact) mass is 544 g/mol. The standard InChI is InChI=1S/C33H28F4N2O/c1-20-22(3)39(19-23-12-14-25(15-13-23)24-8-5-4-6-9-24)30-17-16-26(18-27(20)30)32(40)38-21(2)31-28(33(35,36)37)10-7-11-29(31)34/h4-18,21H,19H2,1-3H3,(H,38,40)/t21-/m1/s1. The molecular weight excluding hydrogens is 516 g/mol. The van der Waals surface area contributed by atoms with Crippen LogP contribution in [0, 0.1) is 19.7 Å². The molecule has 0 aliphatic rings. The number of benzene rings is 4. The van der Waals surface area contributed by atoms with Crippen molar-refractivity contribution in [1.82, 2.24) is 9.88 Å². The van der Waals surface area contributed by atoms with E-state index < -0.39 is 35.1 Å². The van der Waals surface area contributed by atoms with Crippen molar-refractivity contribution in [3.63, 3.8) is 0 Å². The van der Waals surface area contributed by atoms with Crippen molar-refractivity contribution < 1.29 is 22.4 Å². The topological polar surface area (TPSA) is 34.0 Å². The second kappa shape index (κ2) is 10.6. The van der Waals surface area contributed by atoms with Crippen LogP contribution in [0.15, 0.2) is 91.0 Å². The number of fused-ring (bicyclic) bond motifs is 1. The minimum atomic E-state index is -4.74. The lowest BCUT2D eigenvalue weighted by atomic mass is 9.99. The Kier molecular flexibility index (Phi) is 7.23. The summed E-state index contributed by atoms with van der Waals surface area (Å²) in [5, 5.41) is 3.42. The van der Waals surface area contributed by atoms with Crippen LogP contribution in [0.5, 0.6) is 0 Å². The molecule has 0 aliphatic heterocycles. The number of alkyl halides is 3. The Labute approximate surface area is 230 Å². The van der Waals surface area contributed by atoms with Crippen LogP contribution in [-0.2, 0) is 12.7 Å². The first-order chi connectivity index (χ1) is 19.0. The predicted octanol–water partition coefficient (Wildman–Crippen LogP) is 8.62. The number of rotatable bonds is 6. The zero-order valence-electron chi connectivity index (χ0n) is 22.3. The summed E-state index contributed by atoms with van der Waals surface area (Å²) in [4.78, 5) is 13.1. The first kappa shape index (κ1) is 27.2. The van der Waals surface area contributed by atoms with E-state index in [2.05, 4.69) is 46.3 Å². The van der Waals surface area contributed by atoms with Crippen LogP contribution in [-0.4, -0.2) is 10.5 Å². The van der Waals surface area contributed by atoms with Crippen LogP contribution in [0.1, 0.15) is 51.3 Å². The van der Waals surface area contributed by atoms with Crippen molar-refractivity contribution in [3.8, 4) is 11.1 Å². The molecule has 0 fully saturated rings. The molecule has 0 saturated heterocycles. The van der Waals surface area contributed by atoms with Crippen molar-refractivity contribution in [3.05, 3.63) is 130 Å². The van der Waals surface area contributed by atoms with Crippen molar-refractivity contribution in [2.24, 2.45) is 0 Å². The first-order valence-corrected chi connectivity index (χ1v) is 12.9. The third-order valence-corrected chi connectivity index (χ3v) is 7.44. The molecule has 204 valence electrons. The number of nitrogens with zero attached hydrogens (tertiary/aromatic N) is 1. The Bertz CT molecular complexity index is 1690. The summed E-state index contributed by atoms with van der Waals surface area (Å²) >= 11 is 0. The Balaban J connectivity index is 1.39. The van der Waals surface area contributed by atoms with Crippen LogP contribution < -0.4 is 5.32 Å². The van der Waals surface area contributed by atoms with E-state index in [0.717, 1.165) is 57.0 Å². The summed E-state index contributed by atoms with van der Waals surface area (Å²) in [6, 6.07) is 25.4. The average molecular weight is 545 g/mol. The molecule has 1 N–H and O–H groups in total. The number of nitrogens with one attached hydrogen (secondary N) is 1. The minimum Gasteiger partial charge on any atom is -0.345 e. The molecule has 0 aliphatic carbocycles. The zero-order valence-corrected chi connectivity index (χ0v) is 22.3. The maximum atomic E-state index is 14.4. The first-order valence-electron chi connectivity index (χ1n) is 12.9. The van der Waals surface area contributed by atoms with Gasteiger partial charge in [0.05, 0.1) is 11.6 Å². The summed E-state index contributed by atoms with van der Waals surface area (Å²) in [6.45, 7) is 5.98. The third kappa shape index (κ3) is 5.24. The lowest BCUT2D eigenvalue weighted by Gasteiger charge is -2.20. The van der Waals surface area contributed by atoms with Gasteiger partial charge in [-0.05, 0) is 73.4 Å². The highest BCUT2D eigenvalue weighted by Crippen LogP contribution is 2.36. The van der Waals surface area contributed by atoms with E-state index in [9.17, 15) is 22.4 Å². The normalized spacial score (nSPS) is 12.5. The molecule has 5 rings (SSSR count). The predicted molar refractivity (Wildman–Crippen MR) is 150 cm³/mol. The number of halogens is 4. The average Bonchev–Trinajstić information content (AvgIpc) is 3.17. The van der Waals surface area contributed by atoms with E-state index in [1.807, 2.05) is 38.1 Å². The van der Waals surface area contributed by atoms with Crippen molar-refractivity contribution in [1.29, 1.82) is 0 Å². The van der Waals surface area contributed by atoms with Gasteiger partial charge in [0.25, 0.3) is 5.91 Å². The molecule has 0 radical (unpaired) electrons. The molecule has 0 bridgehead atoms. The molecular formula is C33H28F4N2O. The Morgan fingerprint density at radius 3 is 2.23 bits per heavy atom. The fraction of sp³-hybridized carbons (Fsp3) is 0.182. The molecule has 0 saturated carbocycles. The fourth-order valence-electron chi connectivity index (χ4n) is 5.19. The summed E-state index contributed by atoms with van der Waals surface area (Å²) in [5.41, 5.74) is 5.02. The van der Waals surface area contributed by atoms with Gasteiger partial charge in [-0.1, -0.05) is 60.7 Å². The molecule has 1 amide bonds. The summed E-state index contributed by atoms with van der Waals surface area (Å²) in [7, 11) is 0. The highest BCUT2D eigenvalue weighted by Gasteiger charge is 2.36. The van der Waals surface area contributed by atoms with Gasteiger partial charge < -0.3 is 9.88 Å². The van der Waals surface area contributed by atoms with Gasteiger partial charge in [0.15, 0.2) is 0 Å². The molecule has 1 aromatic heterocycles. The fourth-order valence-corrected chi connectivity index (χ4v) is 5.19. The van der Waals surface area contributed by atoms with E-state index in [4.69, 9.17) is 0 Å². The van der Waals surface area contributed by atoms with Gasteiger partial charge in [0.2, 0.25) is 0 Å². The smallest absolute Gasteiger partial charge is 0.345 e. The van der Waals surface area contributed by atoms with Crippen LogP contribution in [0.4, 0.5) is 17.6 Å². The summed E-state index contributed by atoms with van der Waals surface area (Å²) in [5.74, 6) is -1.59. The number of aromatic nitrogens is 1. The number of carbonyl (C=O) groups excluding carboxylic acids is 1. The van der Waals surface area contributed by atoms with E-state index in [-0.39, 0.29) is 5.56 Å². The van der Waals surface area contributed by atoms with Gasteiger partial charge in [-0.2, -0.15) is 13.2 Å². The van der Waals surface area contributed by atoms with Gasteiger partial charge >= 0.3 is 6.18 Å².